The summed E-state index contributed by atoms with van der Waals surface area (Å²) >= 11 is 0. The van der Waals surface area contributed by atoms with Crippen LogP contribution in [0.1, 0.15) is 31.8 Å². The topological polar surface area (TPSA) is 106 Å². The van der Waals surface area contributed by atoms with Crippen LogP contribution in [0.4, 0.5) is 40.9 Å². The van der Waals surface area contributed by atoms with Crippen LogP contribution in [0.15, 0.2) is 54.9 Å². The number of anilines is 1. The number of nitrogens with two attached hydrogens (primary N) is 1. The number of hydrogen-bond acceptors (Lipinski definition) is 5. The van der Waals surface area contributed by atoms with Gasteiger partial charge in [-0.05, 0) is 30.3 Å². The van der Waals surface area contributed by atoms with Crippen molar-refractivity contribution in [3.05, 3.63) is 82.9 Å². The molecule has 2 aromatic carbocycles. The number of benzene rings is 2. The lowest BCUT2D eigenvalue weighted by Gasteiger charge is -2.19. The van der Waals surface area contributed by atoms with E-state index in [9.17, 15) is 44.7 Å². The molecule has 0 radical (unpaired) electrons. The second-order valence-electron chi connectivity index (χ2n) is 9.39. The van der Waals surface area contributed by atoms with E-state index in [1.165, 1.54) is 18.2 Å². The summed E-state index contributed by atoms with van der Waals surface area (Å²) in [6.07, 6.45) is -11.1. The van der Waals surface area contributed by atoms with Crippen LogP contribution in [-0.4, -0.2) is 56.6 Å². The maximum atomic E-state index is 14.8. The summed E-state index contributed by atoms with van der Waals surface area (Å²) in [7, 11) is 0. The Balaban J connectivity index is 1.49. The van der Waals surface area contributed by atoms with Gasteiger partial charge in [0, 0.05) is 12.1 Å². The number of nitrogens with one attached hydrogen (secondary N) is 1. The molecular formula is C26H18F8N6O2. The first-order valence-corrected chi connectivity index (χ1v) is 12.1. The van der Waals surface area contributed by atoms with Crippen molar-refractivity contribution in [2.45, 2.75) is 24.6 Å². The van der Waals surface area contributed by atoms with Crippen LogP contribution in [0, 0.1) is 5.82 Å². The molecule has 2 aromatic heterocycles. The Kier molecular flexibility index (Phi) is 7.02. The summed E-state index contributed by atoms with van der Waals surface area (Å²) < 4.78 is 112. The Hall–Kier alpha value is -4.76. The van der Waals surface area contributed by atoms with Crippen LogP contribution in [0.2, 0.25) is 0 Å². The van der Waals surface area contributed by atoms with Gasteiger partial charge < -0.3 is 16.0 Å². The van der Waals surface area contributed by atoms with Crippen LogP contribution in [-0.2, 0) is 12.4 Å². The van der Waals surface area contributed by atoms with Crippen LogP contribution < -0.4 is 11.1 Å². The van der Waals surface area contributed by atoms with Gasteiger partial charge in [0.15, 0.2) is 5.82 Å². The standard InChI is InChI=1S/C26H18F8N6O2/c27-17-4-2-1-3-13(17)24(42)39-9-18(28)19(10-39)38-23(41)14-7-12(5-6-15(14)25(29,30)31)20-8-16(26(32,33)34)21-22(35)36-11-37-40(20)21/h1-8,11,18-19H,9-10H2,(H,38,41)(H2,35,36,37)/t18-,19+/m0/s1. The number of likely N-dealkylation sites (tertiary alicyclic amines) is 1. The molecule has 0 aliphatic carbocycles. The van der Waals surface area contributed by atoms with Crippen molar-refractivity contribution in [2.75, 3.05) is 18.8 Å². The van der Waals surface area contributed by atoms with Crippen LogP contribution in [0.3, 0.4) is 0 Å². The molecule has 4 aromatic rings. The van der Waals surface area contributed by atoms with Crippen LogP contribution in [0.5, 0.6) is 0 Å². The van der Waals surface area contributed by atoms with Crippen LogP contribution >= 0.6 is 0 Å². The molecule has 220 valence electrons. The fourth-order valence-corrected chi connectivity index (χ4v) is 4.75. The largest absolute Gasteiger partial charge is 0.418 e. The third kappa shape index (κ3) is 5.19. The number of nitrogen functional groups attached to an aromatic ring is 1. The first-order chi connectivity index (χ1) is 19.7. The fraction of sp³-hybridized carbons (Fsp3) is 0.231. The number of nitrogens with zero attached hydrogens (tertiary/aromatic N) is 4. The minimum atomic E-state index is -5.08. The van der Waals surface area contributed by atoms with E-state index in [1.807, 2.05) is 0 Å². The number of alkyl halides is 7. The summed E-state index contributed by atoms with van der Waals surface area (Å²) in [4.78, 5) is 30.2. The third-order valence-corrected chi connectivity index (χ3v) is 6.71. The second kappa shape index (κ2) is 10.3. The number of carbonyl (C=O) groups excluding carboxylic acids is 2. The number of hydrogen-bond donors (Lipinski definition) is 2. The second-order valence-corrected chi connectivity index (χ2v) is 9.39. The van der Waals surface area contributed by atoms with Crippen molar-refractivity contribution >= 4 is 23.1 Å². The first kappa shape index (κ1) is 28.8. The molecule has 0 saturated carbocycles. The summed E-state index contributed by atoms with van der Waals surface area (Å²) in [6, 6.07) is 6.10. The van der Waals surface area contributed by atoms with Gasteiger partial charge in [-0.3, -0.25) is 9.59 Å². The maximum Gasteiger partial charge on any atom is 0.418 e. The summed E-state index contributed by atoms with van der Waals surface area (Å²) in [6.45, 7) is -1.04. The highest BCUT2D eigenvalue weighted by atomic mass is 19.4. The van der Waals surface area contributed by atoms with E-state index in [1.54, 1.807) is 0 Å². The van der Waals surface area contributed by atoms with Crippen molar-refractivity contribution in [3.8, 4) is 11.3 Å². The molecule has 2 amide bonds. The first-order valence-electron chi connectivity index (χ1n) is 12.1. The molecule has 0 unspecified atom stereocenters. The zero-order chi connectivity index (χ0) is 30.6. The van der Waals surface area contributed by atoms with E-state index in [4.69, 9.17) is 5.73 Å². The van der Waals surface area contributed by atoms with Gasteiger partial charge in [-0.15, -0.1) is 0 Å². The van der Waals surface area contributed by atoms with E-state index in [0.717, 1.165) is 27.9 Å². The fourth-order valence-electron chi connectivity index (χ4n) is 4.75. The van der Waals surface area contributed by atoms with Crippen molar-refractivity contribution in [1.29, 1.82) is 0 Å². The number of carbonyl (C=O) groups is 2. The molecule has 2 atom stereocenters. The smallest absolute Gasteiger partial charge is 0.382 e. The van der Waals surface area contributed by atoms with E-state index in [2.05, 4.69) is 15.4 Å². The number of halogens is 8. The summed E-state index contributed by atoms with van der Waals surface area (Å²) in [5.74, 6) is -3.69. The van der Waals surface area contributed by atoms with Gasteiger partial charge in [-0.2, -0.15) is 31.4 Å². The van der Waals surface area contributed by atoms with Gasteiger partial charge in [0.25, 0.3) is 11.8 Å². The molecule has 1 aliphatic rings. The van der Waals surface area contributed by atoms with E-state index < -0.39 is 83.3 Å². The zero-order valence-corrected chi connectivity index (χ0v) is 21.0. The van der Waals surface area contributed by atoms with E-state index >= 15 is 0 Å². The molecule has 1 aliphatic heterocycles. The van der Waals surface area contributed by atoms with Crippen LogP contribution in [0.25, 0.3) is 16.8 Å². The van der Waals surface area contributed by atoms with Gasteiger partial charge in [0.1, 0.15) is 23.8 Å². The molecule has 0 bridgehead atoms. The monoisotopic (exact) mass is 598 g/mol. The van der Waals surface area contributed by atoms with Crippen molar-refractivity contribution < 1.29 is 44.7 Å². The lowest BCUT2D eigenvalue weighted by atomic mass is 10.00. The molecule has 8 nitrogen and oxygen atoms in total. The van der Waals surface area contributed by atoms with Crippen molar-refractivity contribution in [2.24, 2.45) is 0 Å². The molecule has 3 N–H and O–H groups in total. The quantitative estimate of drug-likeness (QED) is 0.330. The lowest BCUT2D eigenvalue weighted by Crippen LogP contribution is -2.42. The molecule has 5 rings (SSSR count). The molecular weight excluding hydrogens is 580 g/mol. The normalized spacial score (nSPS) is 17.6. The highest BCUT2D eigenvalue weighted by molar-refractivity contribution is 5.98. The Labute approximate surface area is 230 Å². The molecule has 1 saturated heterocycles. The number of fused-ring (bicyclic) bond motifs is 1. The van der Waals surface area contributed by atoms with Crippen molar-refractivity contribution in [1.82, 2.24) is 24.8 Å². The highest BCUT2D eigenvalue weighted by Gasteiger charge is 2.41. The number of rotatable bonds is 4. The van der Waals surface area contributed by atoms with Gasteiger partial charge in [-0.25, -0.2) is 18.3 Å². The van der Waals surface area contributed by atoms with E-state index in [-0.39, 0.29) is 16.8 Å². The number of amides is 2. The Bertz CT molecular complexity index is 1700. The van der Waals surface area contributed by atoms with Gasteiger partial charge in [0.2, 0.25) is 0 Å². The SMILES string of the molecule is Nc1ncnn2c(-c3ccc(C(F)(F)F)c(C(=O)N[C@@H]4CN(C(=O)c5ccccc5F)C[C@@H]4F)c3)cc(C(F)(F)F)c12. The lowest BCUT2D eigenvalue weighted by molar-refractivity contribution is -0.138. The van der Waals surface area contributed by atoms with E-state index in [0.29, 0.717) is 18.2 Å². The predicted molar refractivity (Wildman–Crippen MR) is 131 cm³/mol. The third-order valence-electron chi connectivity index (χ3n) is 6.71. The summed E-state index contributed by atoms with van der Waals surface area (Å²) in [5.41, 5.74) is 0.289. The molecule has 3 heterocycles. The van der Waals surface area contributed by atoms with Gasteiger partial charge >= 0.3 is 12.4 Å². The Morgan fingerprint density at radius 2 is 1.62 bits per heavy atom. The minimum absolute atomic E-state index is 0.267. The average Bonchev–Trinajstić information content (AvgIpc) is 3.49. The molecule has 1 fully saturated rings. The average molecular weight is 598 g/mol. The van der Waals surface area contributed by atoms with Gasteiger partial charge in [0.05, 0.1) is 40.5 Å². The molecule has 0 spiro atoms. The predicted octanol–water partition coefficient (Wildman–Crippen LogP) is 4.75. The Morgan fingerprint density at radius 1 is 0.929 bits per heavy atom. The summed E-state index contributed by atoms with van der Waals surface area (Å²) in [5, 5.41) is 5.87. The highest BCUT2D eigenvalue weighted by Crippen LogP contribution is 2.40. The molecule has 42 heavy (non-hydrogen) atoms. The number of aromatic nitrogens is 3. The van der Waals surface area contributed by atoms with Gasteiger partial charge in [-0.1, -0.05) is 18.2 Å². The zero-order valence-electron chi connectivity index (χ0n) is 21.0. The maximum absolute atomic E-state index is 14.8. The molecule has 16 heteroatoms. The minimum Gasteiger partial charge on any atom is -0.382 e. The Morgan fingerprint density at radius 3 is 2.29 bits per heavy atom. The van der Waals surface area contributed by atoms with Crippen molar-refractivity contribution in [3.63, 3.8) is 0 Å².